The van der Waals surface area contributed by atoms with Crippen LogP contribution in [0.15, 0.2) is 36.5 Å². The van der Waals surface area contributed by atoms with E-state index in [1.54, 1.807) is 36.5 Å². The number of aromatic nitrogens is 1. The SMILES string of the molecule is Cc1ccc(NC(=O)Nc2cccc(CN3CCC[C@H](C)C3)c2F)cn1. The Kier molecular flexibility index (Phi) is 5.83. The van der Waals surface area contributed by atoms with E-state index >= 15 is 0 Å². The molecule has 26 heavy (non-hydrogen) atoms. The number of hydrogen-bond donors (Lipinski definition) is 2. The van der Waals surface area contributed by atoms with E-state index in [2.05, 4.69) is 27.4 Å². The van der Waals surface area contributed by atoms with Gasteiger partial charge in [-0.05, 0) is 50.4 Å². The maximum Gasteiger partial charge on any atom is 0.323 e. The molecule has 0 saturated carbocycles. The van der Waals surface area contributed by atoms with Gasteiger partial charge in [0, 0.05) is 24.3 Å². The largest absolute Gasteiger partial charge is 0.323 e. The van der Waals surface area contributed by atoms with Crippen molar-refractivity contribution < 1.29 is 9.18 Å². The van der Waals surface area contributed by atoms with Crippen LogP contribution in [-0.4, -0.2) is 29.0 Å². The Labute approximate surface area is 153 Å². The number of nitrogens with zero attached hydrogens (tertiary/aromatic N) is 2. The number of halogens is 1. The van der Waals surface area contributed by atoms with Gasteiger partial charge < -0.3 is 10.6 Å². The fourth-order valence-corrected chi connectivity index (χ4v) is 3.30. The van der Waals surface area contributed by atoms with Gasteiger partial charge >= 0.3 is 6.03 Å². The second kappa shape index (κ2) is 8.27. The summed E-state index contributed by atoms with van der Waals surface area (Å²) in [4.78, 5) is 18.5. The van der Waals surface area contributed by atoms with Crippen LogP contribution >= 0.6 is 0 Å². The minimum absolute atomic E-state index is 0.185. The van der Waals surface area contributed by atoms with Gasteiger partial charge in [-0.1, -0.05) is 19.1 Å². The first-order valence-electron chi connectivity index (χ1n) is 9.01. The third-order valence-corrected chi connectivity index (χ3v) is 4.63. The number of aryl methyl sites for hydroxylation is 1. The Balaban J connectivity index is 1.64. The maximum absolute atomic E-state index is 14.8. The summed E-state index contributed by atoms with van der Waals surface area (Å²) in [5.41, 5.74) is 2.22. The molecule has 1 saturated heterocycles. The topological polar surface area (TPSA) is 57.3 Å². The van der Waals surface area contributed by atoms with Gasteiger partial charge in [-0.2, -0.15) is 0 Å². The van der Waals surface area contributed by atoms with Crippen LogP contribution in [0, 0.1) is 18.7 Å². The number of anilines is 2. The lowest BCUT2D eigenvalue weighted by Crippen LogP contribution is -2.34. The number of carbonyl (C=O) groups excluding carboxylic acids is 1. The number of pyridine rings is 1. The Morgan fingerprint density at radius 3 is 2.88 bits per heavy atom. The van der Waals surface area contributed by atoms with Gasteiger partial charge in [0.05, 0.1) is 17.6 Å². The first-order chi connectivity index (χ1) is 12.5. The number of rotatable bonds is 4. The van der Waals surface area contributed by atoms with Gasteiger partial charge in [-0.15, -0.1) is 0 Å². The Bertz CT molecular complexity index is 763. The molecule has 2 aromatic rings. The van der Waals surface area contributed by atoms with Crippen molar-refractivity contribution in [3.63, 3.8) is 0 Å². The first-order valence-corrected chi connectivity index (χ1v) is 9.01. The van der Waals surface area contributed by atoms with Crippen molar-refractivity contribution >= 4 is 17.4 Å². The van der Waals surface area contributed by atoms with E-state index in [1.807, 2.05) is 6.92 Å². The van der Waals surface area contributed by atoms with E-state index in [1.165, 1.54) is 6.42 Å². The number of nitrogens with one attached hydrogen (secondary N) is 2. The van der Waals surface area contributed by atoms with Crippen molar-refractivity contribution in [3.8, 4) is 0 Å². The molecule has 3 rings (SSSR count). The molecule has 0 spiro atoms. The molecule has 6 heteroatoms. The van der Waals surface area contributed by atoms with Crippen molar-refractivity contribution in [1.82, 2.24) is 9.88 Å². The summed E-state index contributed by atoms with van der Waals surface area (Å²) in [5.74, 6) is 0.268. The fraction of sp³-hybridized carbons (Fsp3) is 0.400. The third-order valence-electron chi connectivity index (χ3n) is 4.63. The molecule has 0 unspecified atom stereocenters. The number of urea groups is 1. The zero-order valence-corrected chi connectivity index (χ0v) is 15.3. The molecule has 1 aliphatic heterocycles. The van der Waals surface area contributed by atoms with Crippen LogP contribution in [0.3, 0.4) is 0 Å². The molecule has 0 radical (unpaired) electrons. The molecule has 0 bridgehead atoms. The summed E-state index contributed by atoms with van der Waals surface area (Å²) in [6.07, 6.45) is 3.95. The van der Waals surface area contributed by atoms with Crippen molar-refractivity contribution in [2.45, 2.75) is 33.2 Å². The quantitative estimate of drug-likeness (QED) is 0.853. The number of amides is 2. The summed E-state index contributed by atoms with van der Waals surface area (Å²) in [6.45, 7) is 6.63. The summed E-state index contributed by atoms with van der Waals surface area (Å²) in [6, 6.07) is 8.20. The van der Waals surface area contributed by atoms with Crippen LogP contribution in [-0.2, 0) is 6.54 Å². The van der Waals surface area contributed by atoms with E-state index in [4.69, 9.17) is 0 Å². The molecule has 1 aromatic carbocycles. The van der Waals surface area contributed by atoms with Crippen LogP contribution < -0.4 is 10.6 Å². The van der Waals surface area contributed by atoms with Crippen molar-refractivity contribution in [2.24, 2.45) is 5.92 Å². The average molecular weight is 356 g/mol. The highest BCUT2D eigenvalue weighted by Crippen LogP contribution is 2.23. The zero-order valence-electron chi connectivity index (χ0n) is 15.3. The normalized spacial score (nSPS) is 17.7. The van der Waals surface area contributed by atoms with Crippen LogP contribution in [0.1, 0.15) is 31.0 Å². The highest BCUT2D eigenvalue weighted by atomic mass is 19.1. The van der Waals surface area contributed by atoms with Gasteiger partial charge in [-0.25, -0.2) is 9.18 Å². The molecular formula is C20H25FN4O. The molecule has 1 atom stereocenters. The summed E-state index contributed by atoms with van der Waals surface area (Å²) in [5, 5.41) is 5.25. The minimum atomic E-state index is -0.488. The summed E-state index contributed by atoms with van der Waals surface area (Å²) in [7, 11) is 0. The molecule has 2 heterocycles. The monoisotopic (exact) mass is 356 g/mol. The van der Waals surface area contributed by atoms with E-state index < -0.39 is 6.03 Å². The van der Waals surface area contributed by atoms with Gasteiger partial charge in [0.2, 0.25) is 0 Å². The smallest absolute Gasteiger partial charge is 0.306 e. The fourth-order valence-electron chi connectivity index (χ4n) is 3.30. The molecule has 138 valence electrons. The number of likely N-dealkylation sites (tertiary alicyclic amines) is 1. The molecule has 2 amide bonds. The van der Waals surface area contributed by atoms with E-state index in [-0.39, 0.29) is 11.5 Å². The third kappa shape index (κ3) is 4.79. The predicted octanol–water partition coefficient (Wildman–Crippen LogP) is 4.41. The molecule has 2 N–H and O–H groups in total. The van der Waals surface area contributed by atoms with Crippen LogP contribution in [0.5, 0.6) is 0 Å². The van der Waals surface area contributed by atoms with Crippen molar-refractivity contribution in [1.29, 1.82) is 0 Å². The van der Waals surface area contributed by atoms with Crippen LogP contribution in [0.2, 0.25) is 0 Å². The van der Waals surface area contributed by atoms with Crippen molar-refractivity contribution in [3.05, 3.63) is 53.6 Å². The van der Waals surface area contributed by atoms with Gasteiger partial charge in [0.25, 0.3) is 0 Å². The highest BCUT2D eigenvalue weighted by Gasteiger charge is 2.19. The van der Waals surface area contributed by atoms with Gasteiger partial charge in [0.15, 0.2) is 5.82 Å². The van der Waals surface area contributed by atoms with Crippen LogP contribution in [0.25, 0.3) is 0 Å². The average Bonchev–Trinajstić information content (AvgIpc) is 2.60. The lowest BCUT2D eigenvalue weighted by Gasteiger charge is -2.31. The lowest BCUT2D eigenvalue weighted by molar-refractivity contribution is 0.175. The maximum atomic E-state index is 14.8. The Morgan fingerprint density at radius 2 is 2.15 bits per heavy atom. The summed E-state index contributed by atoms with van der Waals surface area (Å²) >= 11 is 0. The standard InChI is InChI=1S/C20H25FN4O/c1-14-5-4-10-25(12-14)13-16-6-3-7-18(19(16)21)24-20(26)23-17-9-8-15(2)22-11-17/h3,6-9,11,14H,4-5,10,12-13H2,1-2H3,(H2,23,24,26)/t14-/m0/s1. The predicted molar refractivity (Wildman–Crippen MR) is 102 cm³/mol. The number of benzene rings is 1. The van der Waals surface area contributed by atoms with Gasteiger partial charge in [0.1, 0.15) is 0 Å². The Morgan fingerprint density at radius 1 is 1.31 bits per heavy atom. The van der Waals surface area contributed by atoms with Crippen LogP contribution in [0.4, 0.5) is 20.6 Å². The van der Waals surface area contributed by atoms with Gasteiger partial charge in [-0.3, -0.25) is 9.88 Å². The molecule has 1 aromatic heterocycles. The highest BCUT2D eigenvalue weighted by molar-refractivity contribution is 5.99. The lowest BCUT2D eigenvalue weighted by atomic mass is 9.99. The molecule has 1 aliphatic rings. The summed E-state index contributed by atoms with van der Waals surface area (Å²) < 4.78 is 14.8. The molecule has 5 nitrogen and oxygen atoms in total. The Hall–Kier alpha value is -2.47. The zero-order chi connectivity index (χ0) is 18.5. The molecule has 1 fully saturated rings. The number of piperidine rings is 1. The second-order valence-corrected chi connectivity index (χ2v) is 7.03. The minimum Gasteiger partial charge on any atom is -0.306 e. The van der Waals surface area contributed by atoms with E-state index in [0.717, 1.165) is 25.2 Å². The molecule has 0 aliphatic carbocycles. The van der Waals surface area contributed by atoms with E-state index in [0.29, 0.717) is 23.7 Å². The first kappa shape index (κ1) is 18.3. The second-order valence-electron chi connectivity index (χ2n) is 7.03. The van der Waals surface area contributed by atoms with E-state index in [9.17, 15) is 9.18 Å². The number of hydrogen-bond acceptors (Lipinski definition) is 3. The van der Waals surface area contributed by atoms with Crippen molar-refractivity contribution in [2.75, 3.05) is 23.7 Å². The molecular weight excluding hydrogens is 331 g/mol. The number of carbonyl (C=O) groups is 1.